The number of amides is 2. The SMILES string of the molecule is COc1ccc(/C=C/C(=O)N2C(=O)OC(c3ccccc3)(c3ccccc3)C2C(C)C)cc1. The Labute approximate surface area is 194 Å². The first kappa shape index (κ1) is 22.3. The van der Waals surface area contributed by atoms with E-state index in [2.05, 4.69) is 0 Å². The van der Waals surface area contributed by atoms with E-state index in [4.69, 9.17) is 9.47 Å². The highest BCUT2D eigenvalue weighted by atomic mass is 16.6. The van der Waals surface area contributed by atoms with Gasteiger partial charge in [-0.05, 0) is 29.7 Å². The first-order valence-electron chi connectivity index (χ1n) is 11.0. The van der Waals surface area contributed by atoms with E-state index in [0.29, 0.717) is 0 Å². The van der Waals surface area contributed by atoms with Crippen LogP contribution < -0.4 is 4.74 Å². The smallest absolute Gasteiger partial charge is 0.418 e. The van der Waals surface area contributed by atoms with E-state index in [9.17, 15) is 9.59 Å². The molecule has 1 heterocycles. The Morgan fingerprint density at radius 2 is 1.48 bits per heavy atom. The second-order valence-corrected chi connectivity index (χ2v) is 8.34. The Bertz CT molecular complexity index is 1100. The maximum atomic E-state index is 13.3. The van der Waals surface area contributed by atoms with E-state index in [0.717, 1.165) is 22.4 Å². The summed E-state index contributed by atoms with van der Waals surface area (Å²) in [6.45, 7) is 4.00. The third-order valence-electron chi connectivity index (χ3n) is 5.95. The number of nitrogens with zero attached hydrogens (tertiary/aromatic N) is 1. The van der Waals surface area contributed by atoms with Crippen LogP contribution in [0.3, 0.4) is 0 Å². The molecule has 1 aliphatic rings. The summed E-state index contributed by atoms with van der Waals surface area (Å²) in [5, 5.41) is 0. The Morgan fingerprint density at radius 3 is 1.97 bits per heavy atom. The van der Waals surface area contributed by atoms with Crippen molar-refractivity contribution in [2.75, 3.05) is 7.11 Å². The topological polar surface area (TPSA) is 55.8 Å². The van der Waals surface area contributed by atoms with Gasteiger partial charge >= 0.3 is 6.09 Å². The first-order chi connectivity index (χ1) is 16.0. The van der Waals surface area contributed by atoms with Crippen LogP contribution in [0.15, 0.2) is 91.0 Å². The zero-order valence-corrected chi connectivity index (χ0v) is 19.0. The normalized spacial score (nSPS) is 17.4. The Balaban J connectivity index is 1.76. The molecular weight excluding hydrogens is 414 g/mol. The summed E-state index contributed by atoms with van der Waals surface area (Å²) >= 11 is 0. The van der Waals surface area contributed by atoms with Gasteiger partial charge in [0.2, 0.25) is 0 Å². The van der Waals surface area contributed by atoms with Crippen molar-refractivity contribution in [2.45, 2.75) is 25.5 Å². The molecular formula is C28H27NO4. The van der Waals surface area contributed by atoms with E-state index >= 15 is 0 Å². The van der Waals surface area contributed by atoms with Crippen LogP contribution in [-0.2, 0) is 15.1 Å². The van der Waals surface area contributed by atoms with E-state index < -0.39 is 23.6 Å². The van der Waals surface area contributed by atoms with E-state index in [1.165, 1.54) is 11.0 Å². The molecule has 3 aromatic carbocycles. The minimum absolute atomic E-state index is 0.0600. The van der Waals surface area contributed by atoms with Crippen molar-refractivity contribution in [1.82, 2.24) is 4.90 Å². The number of ether oxygens (including phenoxy) is 2. The average Bonchev–Trinajstić information content (AvgIpc) is 3.18. The van der Waals surface area contributed by atoms with Crippen molar-refractivity contribution < 1.29 is 19.1 Å². The molecule has 1 aliphatic heterocycles. The van der Waals surface area contributed by atoms with Crippen molar-refractivity contribution in [3.63, 3.8) is 0 Å². The molecule has 2 amide bonds. The van der Waals surface area contributed by atoms with E-state index in [-0.39, 0.29) is 5.92 Å². The van der Waals surface area contributed by atoms with Gasteiger partial charge in [0, 0.05) is 17.2 Å². The molecule has 168 valence electrons. The fraction of sp³-hybridized carbons (Fsp3) is 0.214. The molecule has 0 spiro atoms. The highest BCUT2D eigenvalue weighted by molar-refractivity contribution is 6.02. The van der Waals surface area contributed by atoms with Crippen LogP contribution in [0.5, 0.6) is 5.75 Å². The lowest BCUT2D eigenvalue weighted by Gasteiger charge is -2.37. The van der Waals surface area contributed by atoms with Crippen LogP contribution >= 0.6 is 0 Å². The number of carbonyl (C=O) groups excluding carboxylic acids is 2. The summed E-state index contributed by atoms with van der Waals surface area (Å²) in [4.78, 5) is 27.8. The van der Waals surface area contributed by atoms with Gasteiger partial charge in [-0.1, -0.05) is 86.6 Å². The van der Waals surface area contributed by atoms with Crippen molar-refractivity contribution in [3.8, 4) is 5.75 Å². The summed E-state index contributed by atoms with van der Waals surface area (Å²) in [6, 6.07) is 26.1. The van der Waals surface area contributed by atoms with E-state index in [1.54, 1.807) is 13.2 Å². The molecule has 4 rings (SSSR count). The van der Waals surface area contributed by atoms with Crippen LogP contribution in [0.4, 0.5) is 4.79 Å². The minimum atomic E-state index is -1.10. The largest absolute Gasteiger partial charge is 0.497 e. The van der Waals surface area contributed by atoms with Gasteiger partial charge in [0.1, 0.15) is 5.75 Å². The molecule has 1 saturated heterocycles. The number of rotatable bonds is 6. The number of imide groups is 1. The number of hydrogen-bond donors (Lipinski definition) is 0. The Hall–Kier alpha value is -3.86. The highest BCUT2D eigenvalue weighted by Crippen LogP contribution is 2.47. The van der Waals surface area contributed by atoms with Gasteiger partial charge in [0.05, 0.1) is 13.2 Å². The summed E-state index contributed by atoms with van der Waals surface area (Å²) < 4.78 is 11.3. The average molecular weight is 442 g/mol. The van der Waals surface area contributed by atoms with Gasteiger partial charge in [-0.3, -0.25) is 4.79 Å². The van der Waals surface area contributed by atoms with Crippen molar-refractivity contribution >= 4 is 18.1 Å². The quantitative estimate of drug-likeness (QED) is 0.464. The van der Waals surface area contributed by atoms with Gasteiger partial charge in [0.25, 0.3) is 5.91 Å². The predicted octanol–water partition coefficient (Wildman–Crippen LogP) is 5.66. The fourth-order valence-electron chi connectivity index (χ4n) is 4.50. The monoisotopic (exact) mass is 441 g/mol. The lowest BCUT2D eigenvalue weighted by Crippen LogP contribution is -2.49. The molecule has 0 aromatic heterocycles. The molecule has 3 aromatic rings. The number of methoxy groups -OCH3 is 1. The molecule has 0 radical (unpaired) electrons. The molecule has 1 atom stereocenters. The zero-order valence-electron chi connectivity index (χ0n) is 19.0. The first-order valence-corrected chi connectivity index (χ1v) is 11.0. The van der Waals surface area contributed by atoms with Crippen LogP contribution in [0.2, 0.25) is 0 Å². The molecule has 5 nitrogen and oxygen atoms in total. The molecule has 1 unspecified atom stereocenters. The third-order valence-corrected chi connectivity index (χ3v) is 5.95. The summed E-state index contributed by atoms with van der Waals surface area (Å²) in [7, 11) is 1.60. The Morgan fingerprint density at radius 1 is 0.939 bits per heavy atom. The molecule has 1 fully saturated rings. The number of carbonyl (C=O) groups is 2. The second kappa shape index (κ2) is 9.33. The molecule has 0 saturated carbocycles. The summed E-state index contributed by atoms with van der Waals surface area (Å²) in [5.41, 5.74) is 1.39. The van der Waals surface area contributed by atoms with Crippen LogP contribution in [0.25, 0.3) is 6.08 Å². The molecule has 33 heavy (non-hydrogen) atoms. The number of cyclic esters (lactones) is 1. The second-order valence-electron chi connectivity index (χ2n) is 8.34. The zero-order chi connectivity index (χ0) is 23.4. The van der Waals surface area contributed by atoms with E-state index in [1.807, 2.05) is 98.8 Å². The molecule has 0 aliphatic carbocycles. The van der Waals surface area contributed by atoms with Gasteiger partial charge in [-0.2, -0.15) is 0 Å². The van der Waals surface area contributed by atoms with Crippen molar-refractivity contribution in [2.24, 2.45) is 5.92 Å². The van der Waals surface area contributed by atoms with Crippen LogP contribution in [-0.4, -0.2) is 30.1 Å². The van der Waals surface area contributed by atoms with Crippen LogP contribution in [0.1, 0.15) is 30.5 Å². The fourth-order valence-corrected chi connectivity index (χ4v) is 4.50. The van der Waals surface area contributed by atoms with Crippen LogP contribution in [0, 0.1) is 5.92 Å². The molecule has 5 heteroatoms. The van der Waals surface area contributed by atoms with Gasteiger partial charge in [-0.15, -0.1) is 0 Å². The van der Waals surface area contributed by atoms with Gasteiger partial charge < -0.3 is 9.47 Å². The maximum absolute atomic E-state index is 13.3. The lowest BCUT2D eigenvalue weighted by atomic mass is 9.75. The molecule has 0 N–H and O–H groups in total. The number of hydrogen-bond acceptors (Lipinski definition) is 4. The van der Waals surface area contributed by atoms with Crippen molar-refractivity contribution in [1.29, 1.82) is 0 Å². The van der Waals surface area contributed by atoms with Gasteiger partial charge in [-0.25, -0.2) is 9.69 Å². The standard InChI is InChI=1S/C28H27NO4/c1-20(2)26-28(22-10-6-4-7-11-22,23-12-8-5-9-13-23)33-27(31)29(26)25(30)19-16-21-14-17-24(32-3)18-15-21/h4-20,26H,1-3H3/b19-16+. The maximum Gasteiger partial charge on any atom is 0.418 e. The Kier molecular flexibility index (Phi) is 6.31. The minimum Gasteiger partial charge on any atom is -0.497 e. The number of benzene rings is 3. The lowest BCUT2D eigenvalue weighted by molar-refractivity contribution is -0.125. The highest BCUT2D eigenvalue weighted by Gasteiger charge is 2.58. The summed E-state index contributed by atoms with van der Waals surface area (Å²) in [6.07, 6.45) is 2.47. The molecule has 0 bridgehead atoms. The predicted molar refractivity (Wildman–Crippen MR) is 128 cm³/mol. The van der Waals surface area contributed by atoms with Gasteiger partial charge in [0.15, 0.2) is 5.60 Å². The third kappa shape index (κ3) is 4.14. The summed E-state index contributed by atoms with van der Waals surface area (Å²) in [5.74, 6) is 0.260. The van der Waals surface area contributed by atoms with Crippen molar-refractivity contribution in [3.05, 3.63) is 108 Å².